The number of carboxylic acid groups (broad SMARTS) is 1. The molecule has 6 nitrogen and oxygen atoms in total. The van der Waals surface area contributed by atoms with Crippen LogP contribution in [-0.2, 0) is 14.9 Å². The van der Waals surface area contributed by atoms with Gasteiger partial charge in [-0.1, -0.05) is 30.7 Å². The van der Waals surface area contributed by atoms with Gasteiger partial charge in [-0.15, -0.1) is 0 Å². The summed E-state index contributed by atoms with van der Waals surface area (Å²) in [5.74, 6) is -1.52. The molecule has 0 spiro atoms. The fourth-order valence-corrected chi connectivity index (χ4v) is 3.21. The van der Waals surface area contributed by atoms with Crippen LogP contribution in [0.2, 0.25) is 5.02 Å². The van der Waals surface area contributed by atoms with Crippen LogP contribution in [0.25, 0.3) is 0 Å². The Labute approximate surface area is 153 Å². The van der Waals surface area contributed by atoms with Gasteiger partial charge in [0.1, 0.15) is 0 Å². The molecule has 1 fully saturated rings. The van der Waals surface area contributed by atoms with E-state index in [9.17, 15) is 9.59 Å². The van der Waals surface area contributed by atoms with E-state index >= 15 is 0 Å². The van der Waals surface area contributed by atoms with Crippen LogP contribution in [0.1, 0.15) is 25.3 Å². The molecular formula is C18H25ClN2O4. The van der Waals surface area contributed by atoms with Gasteiger partial charge in [0.05, 0.1) is 5.92 Å². The molecule has 7 heteroatoms. The highest BCUT2D eigenvalue weighted by molar-refractivity contribution is 6.30. The SMILES string of the molecule is CC(CN(C)C(=O)NCC1(c2ccc(Cl)cc2)CCOCC1)C(=O)O. The summed E-state index contributed by atoms with van der Waals surface area (Å²) in [4.78, 5) is 24.7. The molecule has 25 heavy (non-hydrogen) atoms. The van der Waals surface area contributed by atoms with E-state index in [1.165, 1.54) is 4.90 Å². The van der Waals surface area contributed by atoms with Crippen LogP contribution in [0.4, 0.5) is 4.79 Å². The fourth-order valence-electron chi connectivity index (χ4n) is 3.08. The van der Waals surface area contributed by atoms with Gasteiger partial charge in [0, 0.05) is 43.8 Å². The molecule has 1 unspecified atom stereocenters. The lowest BCUT2D eigenvalue weighted by Gasteiger charge is -2.38. The zero-order valence-corrected chi connectivity index (χ0v) is 15.4. The molecule has 0 aliphatic carbocycles. The van der Waals surface area contributed by atoms with Crippen LogP contribution in [-0.4, -0.2) is 55.4 Å². The van der Waals surface area contributed by atoms with E-state index in [4.69, 9.17) is 21.4 Å². The van der Waals surface area contributed by atoms with Crippen LogP contribution in [0.15, 0.2) is 24.3 Å². The quantitative estimate of drug-likeness (QED) is 0.809. The number of carboxylic acids is 1. The minimum absolute atomic E-state index is 0.165. The average molecular weight is 369 g/mol. The highest BCUT2D eigenvalue weighted by Gasteiger charge is 2.35. The topological polar surface area (TPSA) is 78.9 Å². The number of halogens is 1. The molecule has 0 radical (unpaired) electrons. The van der Waals surface area contributed by atoms with Crippen LogP contribution >= 0.6 is 11.6 Å². The zero-order chi connectivity index (χ0) is 18.4. The Kier molecular flexibility index (Phi) is 6.67. The number of nitrogens with zero attached hydrogens (tertiary/aromatic N) is 1. The maximum Gasteiger partial charge on any atom is 0.317 e. The fraction of sp³-hybridized carbons (Fsp3) is 0.556. The van der Waals surface area contributed by atoms with Gasteiger partial charge in [0.2, 0.25) is 0 Å². The van der Waals surface area contributed by atoms with Crippen LogP contribution < -0.4 is 5.32 Å². The molecule has 2 amide bonds. The van der Waals surface area contributed by atoms with E-state index in [0.717, 1.165) is 18.4 Å². The predicted molar refractivity (Wildman–Crippen MR) is 96.0 cm³/mol. The molecular weight excluding hydrogens is 344 g/mol. The van der Waals surface area contributed by atoms with Gasteiger partial charge >= 0.3 is 12.0 Å². The lowest BCUT2D eigenvalue weighted by atomic mass is 9.74. The highest BCUT2D eigenvalue weighted by atomic mass is 35.5. The third-order valence-corrected chi connectivity index (χ3v) is 5.05. The molecule has 138 valence electrons. The summed E-state index contributed by atoms with van der Waals surface area (Å²) in [7, 11) is 1.60. The largest absolute Gasteiger partial charge is 0.481 e. The van der Waals surface area contributed by atoms with E-state index in [0.29, 0.717) is 24.8 Å². The van der Waals surface area contributed by atoms with Gasteiger partial charge in [-0.25, -0.2) is 4.79 Å². The first-order chi connectivity index (χ1) is 11.8. The van der Waals surface area contributed by atoms with E-state index in [-0.39, 0.29) is 18.0 Å². The smallest absolute Gasteiger partial charge is 0.317 e. The van der Waals surface area contributed by atoms with Gasteiger partial charge in [-0.2, -0.15) is 0 Å². The van der Waals surface area contributed by atoms with E-state index in [1.807, 2.05) is 24.3 Å². The number of ether oxygens (including phenoxy) is 1. The van der Waals surface area contributed by atoms with Crippen molar-refractivity contribution in [3.8, 4) is 0 Å². The van der Waals surface area contributed by atoms with Crippen molar-refractivity contribution in [2.45, 2.75) is 25.2 Å². The number of rotatable bonds is 6. The number of urea groups is 1. The summed E-state index contributed by atoms with van der Waals surface area (Å²) in [6.45, 7) is 3.51. The van der Waals surface area contributed by atoms with Crippen LogP contribution in [0.3, 0.4) is 0 Å². The summed E-state index contributed by atoms with van der Waals surface area (Å²) < 4.78 is 5.49. The molecule has 1 atom stereocenters. The van der Waals surface area contributed by atoms with Crippen molar-refractivity contribution in [1.29, 1.82) is 0 Å². The Balaban J connectivity index is 2.04. The molecule has 0 aromatic heterocycles. The highest BCUT2D eigenvalue weighted by Crippen LogP contribution is 2.34. The standard InChI is InChI=1S/C18H25ClN2O4/c1-13(16(22)23)11-21(2)17(24)20-12-18(7-9-25-10-8-18)14-3-5-15(19)6-4-14/h3-6,13H,7-12H2,1-2H3,(H,20,24)(H,22,23). The summed E-state index contributed by atoms with van der Waals surface area (Å²) in [6, 6.07) is 7.44. The molecule has 1 aromatic rings. The molecule has 1 aromatic carbocycles. The molecule has 1 saturated heterocycles. The first-order valence-corrected chi connectivity index (χ1v) is 8.77. The third-order valence-electron chi connectivity index (χ3n) is 4.80. The monoisotopic (exact) mass is 368 g/mol. The second-order valence-electron chi connectivity index (χ2n) is 6.68. The van der Waals surface area contributed by atoms with Crippen molar-refractivity contribution < 1.29 is 19.4 Å². The summed E-state index contributed by atoms with van der Waals surface area (Å²) in [5, 5.41) is 12.6. The van der Waals surface area contributed by atoms with E-state index in [2.05, 4.69) is 5.32 Å². The zero-order valence-electron chi connectivity index (χ0n) is 14.6. The first kappa shape index (κ1) is 19.5. The normalized spacial score (nSPS) is 17.6. The Hall–Kier alpha value is -1.79. The van der Waals surface area contributed by atoms with E-state index in [1.54, 1.807) is 14.0 Å². The van der Waals surface area contributed by atoms with E-state index < -0.39 is 11.9 Å². The second kappa shape index (κ2) is 8.54. The second-order valence-corrected chi connectivity index (χ2v) is 7.11. The van der Waals surface area contributed by atoms with Gasteiger partial charge < -0.3 is 20.1 Å². The van der Waals surface area contributed by atoms with Crippen molar-refractivity contribution in [2.75, 3.05) is 33.4 Å². The molecule has 1 aliphatic rings. The predicted octanol–water partition coefficient (Wildman–Crippen LogP) is 2.75. The number of hydrogen-bond acceptors (Lipinski definition) is 3. The van der Waals surface area contributed by atoms with Gasteiger partial charge in [0.15, 0.2) is 0 Å². The number of nitrogens with one attached hydrogen (secondary N) is 1. The Morgan fingerprint density at radius 2 is 1.92 bits per heavy atom. The Morgan fingerprint density at radius 1 is 1.32 bits per heavy atom. The maximum atomic E-state index is 12.3. The molecule has 2 rings (SSSR count). The molecule has 1 heterocycles. The average Bonchev–Trinajstić information content (AvgIpc) is 2.60. The van der Waals surface area contributed by atoms with Crippen molar-refractivity contribution in [3.63, 3.8) is 0 Å². The number of carbonyl (C=O) groups is 2. The molecule has 2 N–H and O–H groups in total. The van der Waals surface area contributed by atoms with Gasteiger partial charge in [-0.05, 0) is 30.5 Å². The van der Waals surface area contributed by atoms with Crippen molar-refractivity contribution >= 4 is 23.6 Å². The number of carbonyl (C=O) groups excluding carboxylic acids is 1. The number of hydrogen-bond donors (Lipinski definition) is 2. The molecule has 0 saturated carbocycles. The van der Waals surface area contributed by atoms with Crippen LogP contribution in [0, 0.1) is 5.92 Å². The third kappa shape index (κ3) is 5.09. The number of benzene rings is 1. The number of aliphatic carboxylic acids is 1. The van der Waals surface area contributed by atoms with Crippen molar-refractivity contribution in [2.24, 2.45) is 5.92 Å². The van der Waals surface area contributed by atoms with Crippen molar-refractivity contribution in [3.05, 3.63) is 34.9 Å². The van der Waals surface area contributed by atoms with Gasteiger partial charge in [-0.3, -0.25) is 4.79 Å². The minimum Gasteiger partial charge on any atom is -0.481 e. The first-order valence-electron chi connectivity index (χ1n) is 8.40. The van der Waals surface area contributed by atoms with Crippen LogP contribution in [0.5, 0.6) is 0 Å². The molecule has 1 aliphatic heterocycles. The molecule has 0 bridgehead atoms. The maximum absolute atomic E-state index is 12.3. The van der Waals surface area contributed by atoms with Gasteiger partial charge in [0.25, 0.3) is 0 Å². The minimum atomic E-state index is -0.915. The summed E-state index contributed by atoms with van der Waals surface area (Å²) in [5.41, 5.74) is 0.930. The summed E-state index contributed by atoms with van der Waals surface area (Å²) >= 11 is 5.99. The lowest BCUT2D eigenvalue weighted by Crippen LogP contribution is -2.48. The summed E-state index contributed by atoms with van der Waals surface area (Å²) in [6.07, 6.45) is 1.62. The Morgan fingerprint density at radius 3 is 2.48 bits per heavy atom. The van der Waals surface area contributed by atoms with Crippen molar-refractivity contribution in [1.82, 2.24) is 10.2 Å². The Bertz CT molecular complexity index is 600. The lowest BCUT2D eigenvalue weighted by molar-refractivity contribution is -0.141. The number of amides is 2.